The van der Waals surface area contributed by atoms with Crippen LogP contribution in [-0.2, 0) is 22.7 Å². The molecule has 0 atom stereocenters. The fourth-order valence-corrected chi connectivity index (χ4v) is 4.63. The van der Waals surface area contributed by atoms with Gasteiger partial charge in [-0.1, -0.05) is 24.3 Å². The smallest absolute Gasteiger partial charge is 0.323 e. The van der Waals surface area contributed by atoms with Crippen LogP contribution in [-0.4, -0.2) is 57.4 Å². The molecule has 33 heavy (non-hydrogen) atoms. The van der Waals surface area contributed by atoms with Gasteiger partial charge in [-0.15, -0.1) is 0 Å². The Labute approximate surface area is 190 Å². The van der Waals surface area contributed by atoms with E-state index in [0.29, 0.717) is 44.2 Å². The van der Waals surface area contributed by atoms with Gasteiger partial charge in [0.1, 0.15) is 12.4 Å². The van der Waals surface area contributed by atoms with Crippen molar-refractivity contribution in [2.45, 2.75) is 26.4 Å². The van der Waals surface area contributed by atoms with Gasteiger partial charge in [0, 0.05) is 51.4 Å². The number of anilines is 2. The number of carbonyl (C=O) groups is 2. The second-order valence-electron chi connectivity index (χ2n) is 8.62. The zero-order valence-corrected chi connectivity index (χ0v) is 18.4. The Hall–Kier alpha value is -3.88. The first-order chi connectivity index (χ1) is 15.9. The predicted octanol–water partition coefficient (Wildman–Crippen LogP) is 1.65. The molecule has 3 aromatic rings. The van der Waals surface area contributed by atoms with E-state index in [-0.39, 0.29) is 24.4 Å². The Morgan fingerprint density at radius 1 is 1.03 bits per heavy atom. The third kappa shape index (κ3) is 4.02. The van der Waals surface area contributed by atoms with Crippen molar-refractivity contribution >= 4 is 29.0 Å². The topological polar surface area (TPSA) is 98.5 Å². The van der Waals surface area contributed by atoms with Crippen LogP contribution >= 0.6 is 0 Å². The van der Waals surface area contributed by atoms with Crippen LogP contribution in [0.4, 0.5) is 11.5 Å². The lowest BCUT2D eigenvalue weighted by molar-refractivity contribution is -0.144. The molecule has 1 amide bonds. The van der Waals surface area contributed by atoms with E-state index in [0.717, 1.165) is 11.3 Å². The van der Waals surface area contributed by atoms with Crippen LogP contribution in [0.3, 0.4) is 0 Å². The summed E-state index contributed by atoms with van der Waals surface area (Å²) in [5.41, 5.74) is 4.52. The molecule has 2 aliphatic heterocycles. The van der Waals surface area contributed by atoms with Crippen molar-refractivity contribution < 1.29 is 14.7 Å². The van der Waals surface area contributed by atoms with Gasteiger partial charge in [-0.3, -0.25) is 18.8 Å². The van der Waals surface area contributed by atoms with Crippen molar-refractivity contribution in [3.05, 3.63) is 69.6 Å². The van der Waals surface area contributed by atoms with Gasteiger partial charge in [0.2, 0.25) is 5.91 Å². The molecule has 1 fully saturated rings. The van der Waals surface area contributed by atoms with Crippen molar-refractivity contribution in [3.63, 3.8) is 0 Å². The SMILES string of the molecule is Cc1cc(N2CCC(=O)N(CC(=O)O)CC2)c2nc(N3Cc4ccccc4C3)cc(=O)n2c1. The Bertz CT molecular complexity index is 1290. The Kier molecular flexibility index (Phi) is 5.24. The Morgan fingerprint density at radius 2 is 1.76 bits per heavy atom. The van der Waals surface area contributed by atoms with E-state index in [1.807, 2.05) is 30.0 Å². The lowest BCUT2D eigenvalue weighted by Crippen LogP contribution is -2.37. The third-order valence-electron chi connectivity index (χ3n) is 6.28. The second kappa shape index (κ2) is 8.23. The van der Waals surface area contributed by atoms with E-state index in [9.17, 15) is 14.4 Å². The molecular formula is C24H25N5O4. The largest absolute Gasteiger partial charge is 0.480 e. The standard InChI is InChI=1S/C24H25N5O4/c1-16-10-19(26-7-6-21(30)27(9-8-26)15-23(32)33)24-25-20(11-22(31)29(24)12-16)28-13-17-4-2-3-5-18(17)14-28/h2-5,10-12H,6-9,13-15H2,1H3,(H,32,33). The molecule has 9 nitrogen and oxygen atoms in total. The van der Waals surface area contributed by atoms with Gasteiger partial charge >= 0.3 is 5.97 Å². The van der Waals surface area contributed by atoms with Crippen LogP contribution in [0.25, 0.3) is 5.65 Å². The summed E-state index contributed by atoms with van der Waals surface area (Å²) in [7, 11) is 0. The molecular weight excluding hydrogens is 422 g/mol. The summed E-state index contributed by atoms with van der Waals surface area (Å²) in [4.78, 5) is 47.0. The van der Waals surface area contributed by atoms with Crippen molar-refractivity contribution in [2.75, 3.05) is 36.0 Å². The van der Waals surface area contributed by atoms with E-state index in [2.05, 4.69) is 17.0 Å². The molecule has 0 bridgehead atoms. The number of carboxylic acids is 1. The van der Waals surface area contributed by atoms with Crippen LogP contribution in [0.5, 0.6) is 0 Å². The highest BCUT2D eigenvalue weighted by atomic mass is 16.4. The van der Waals surface area contributed by atoms with Crippen LogP contribution < -0.4 is 15.4 Å². The van der Waals surface area contributed by atoms with E-state index < -0.39 is 5.97 Å². The van der Waals surface area contributed by atoms with Gasteiger partial charge in [-0.25, -0.2) is 4.98 Å². The van der Waals surface area contributed by atoms with Crippen molar-refractivity contribution in [1.29, 1.82) is 0 Å². The number of hydrogen-bond acceptors (Lipinski definition) is 6. The van der Waals surface area contributed by atoms with Crippen LogP contribution in [0.2, 0.25) is 0 Å². The Morgan fingerprint density at radius 3 is 2.45 bits per heavy atom. The van der Waals surface area contributed by atoms with E-state index >= 15 is 0 Å². The summed E-state index contributed by atoms with van der Waals surface area (Å²) in [5, 5.41) is 9.11. The quantitative estimate of drug-likeness (QED) is 0.649. The molecule has 2 aromatic heterocycles. The lowest BCUT2D eigenvalue weighted by atomic mass is 10.1. The Balaban J connectivity index is 1.52. The monoisotopic (exact) mass is 447 g/mol. The summed E-state index contributed by atoms with van der Waals surface area (Å²) < 4.78 is 1.55. The second-order valence-corrected chi connectivity index (χ2v) is 8.62. The number of pyridine rings is 1. The first kappa shape index (κ1) is 21.0. The molecule has 0 unspecified atom stereocenters. The van der Waals surface area contributed by atoms with Crippen LogP contribution in [0.15, 0.2) is 47.4 Å². The molecule has 170 valence electrons. The number of carboxylic acid groups (broad SMARTS) is 1. The summed E-state index contributed by atoms with van der Waals surface area (Å²) in [5.74, 6) is -0.584. The molecule has 0 aliphatic carbocycles. The summed E-state index contributed by atoms with van der Waals surface area (Å²) >= 11 is 0. The number of rotatable bonds is 4. The number of aryl methyl sites for hydroxylation is 1. The number of aliphatic carboxylic acids is 1. The van der Waals surface area contributed by atoms with Crippen molar-refractivity contribution in [2.24, 2.45) is 0 Å². The van der Waals surface area contributed by atoms with E-state index in [4.69, 9.17) is 10.1 Å². The molecule has 0 radical (unpaired) electrons. The average molecular weight is 447 g/mol. The zero-order valence-electron chi connectivity index (χ0n) is 18.4. The number of benzene rings is 1. The number of hydrogen-bond donors (Lipinski definition) is 1. The molecule has 5 rings (SSSR count). The molecule has 0 saturated carbocycles. The van der Waals surface area contributed by atoms with Crippen LogP contribution in [0.1, 0.15) is 23.1 Å². The summed E-state index contributed by atoms with van der Waals surface area (Å²) in [6.07, 6.45) is 1.98. The minimum Gasteiger partial charge on any atom is -0.480 e. The first-order valence-electron chi connectivity index (χ1n) is 11.0. The highest BCUT2D eigenvalue weighted by Crippen LogP contribution is 2.29. The average Bonchev–Trinajstić information content (AvgIpc) is 3.14. The third-order valence-corrected chi connectivity index (χ3v) is 6.28. The molecule has 4 heterocycles. The van der Waals surface area contributed by atoms with Gasteiger partial charge in [0.25, 0.3) is 5.56 Å². The molecule has 2 aliphatic rings. The zero-order chi connectivity index (χ0) is 23.1. The van der Waals surface area contributed by atoms with Gasteiger partial charge in [0.15, 0.2) is 5.65 Å². The highest BCUT2D eigenvalue weighted by molar-refractivity contribution is 5.83. The number of amides is 1. The fraction of sp³-hybridized carbons (Fsp3) is 0.333. The first-order valence-corrected chi connectivity index (χ1v) is 11.0. The molecule has 1 aromatic carbocycles. The van der Waals surface area contributed by atoms with Gasteiger partial charge in [-0.05, 0) is 29.7 Å². The van der Waals surface area contributed by atoms with Crippen molar-refractivity contribution in [3.8, 4) is 0 Å². The summed E-state index contributed by atoms with van der Waals surface area (Å²) in [6.45, 7) is 4.21. The number of carbonyl (C=O) groups excluding carboxylic acids is 1. The lowest BCUT2D eigenvalue weighted by Gasteiger charge is -2.25. The fourth-order valence-electron chi connectivity index (χ4n) is 4.63. The maximum atomic E-state index is 13.1. The summed E-state index contributed by atoms with van der Waals surface area (Å²) in [6, 6.07) is 11.8. The van der Waals surface area contributed by atoms with Gasteiger partial charge < -0.3 is 19.8 Å². The number of fused-ring (bicyclic) bond motifs is 2. The molecule has 0 spiro atoms. The maximum Gasteiger partial charge on any atom is 0.323 e. The maximum absolute atomic E-state index is 13.1. The van der Waals surface area contributed by atoms with Crippen LogP contribution in [0, 0.1) is 6.92 Å². The predicted molar refractivity (Wildman–Crippen MR) is 124 cm³/mol. The molecule has 9 heteroatoms. The minimum atomic E-state index is -1.03. The van der Waals surface area contributed by atoms with Gasteiger partial charge in [-0.2, -0.15) is 0 Å². The minimum absolute atomic E-state index is 0.158. The normalized spacial score (nSPS) is 16.3. The number of aromatic nitrogens is 2. The number of nitrogens with zero attached hydrogens (tertiary/aromatic N) is 5. The van der Waals surface area contributed by atoms with Gasteiger partial charge in [0.05, 0.1) is 5.69 Å². The van der Waals surface area contributed by atoms with E-state index in [1.54, 1.807) is 16.7 Å². The van der Waals surface area contributed by atoms with Crippen molar-refractivity contribution in [1.82, 2.24) is 14.3 Å². The molecule has 1 N–H and O–H groups in total. The van der Waals surface area contributed by atoms with E-state index in [1.165, 1.54) is 16.0 Å². The highest BCUT2D eigenvalue weighted by Gasteiger charge is 2.26. The molecule has 1 saturated heterocycles.